The molecule has 29 heavy (non-hydrogen) atoms. The summed E-state index contributed by atoms with van der Waals surface area (Å²) < 4.78 is 39.8. The van der Waals surface area contributed by atoms with Crippen molar-refractivity contribution in [1.82, 2.24) is 5.32 Å². The first-order chi connectivity index (χ1) is 13.8. The van der Waals surface area contributed by atoms with Crippen LogP contribution in [0.5, 0.6) is 0 Å². The molecular formula is C22H21FN2O3S. The van der Waals surface area contributed by atoms with E-state index in [4.69, 9.17) is 0 Å². The number of carbonyl (C=O) groups excluding carboxylic acids is 1. The Kier molecular flexibility index (Phi) is 5.98. The number of aryl methyl sites for hydroxylation is 1. The first kappa shape index (κ1) is 20.5. The second-order valence-corrected chi connectivity index (χ2v) is 8.61. The van der Waals surface area contributed by atoms with E-state index < -0.39 is 10.0 Å². The molecule has 3 rings (SSSR count). The van der Waals surface area contributed by atoms with Crippen molar-refractivity contribution in [2.75, 3.05) is 11.4 Å². The van der Waals surface area contributed by atoms with Crippen molar-refractivity contribution in [3.05, 3.63) is 95.3 Å². The Hall–Kier alpha value is -3.19. The molecule has 0 aliphatic carbocycles. The molecule has 1 amide bonds. The second-order valence-electron chi connectivity index (χ2n) is 6.65. The minimum absolute atomic E-state index is 0.178. The van der Waals surface area contributed by atoms with Crippen LogP contribution in [0.4, 0.5) is 10.1 Å². The van der Waals surface area contributed by atoms with Crippen molar-refractivity contribution >= 4 is 21.6 Å². The van der Waals surface area contributed by atoms with Gasteiger partial charge in [-0.3, -0.25) is 9.10 Å². The molecule has 0 spiro atoms. The summed E-state index contributed by atoms with van der Waals surface area (Å²) in [5.41, 5.74) is 2.43. The van der Waals surface area contributed by atoms with Crippen LogP contribution in [0.15, 0.2) is 77.7 Å². The number of rotatable bonds is 6. The fourth-order valence-electron chi connectivity index (χ4n) is 2.74. The lowest BCUT2D eigenvalue weighted by molar-refractivity contribution is 0.0951. The molecule has 5 nitrogen and oxygen atoms in total. The Balaban J connectivity index is 1.76. The van der Waals surface area contributed by atoms with Crippen molar-refractivity contribution < 1.29 is 17.6 Å². The van der Waals surface area contributed by atoms with E-state index in [2.05, 4.69) is 5.32 Å². The topological polar surface area (TPSA) is 66.5 Å². The van der Waals surface area contributed by atoms with Gasteiger partial charge in [-0.05, 0) is 55.0 Å². The summed E-state index contributed by atoms with van der Waals surface area (Å²) in [5.74, 6) is -0.692. The summed E-state index contributed by atoms with van der Waals surface area (Å²) >= 11 is 0. The SMILES string of the molecule is Cc1ccc(S(=O)(=O)N(C)c2cccc(C(=O)NCc3ccc(F)cc3)c2)cc1. The normalized spacial score (nSPS) is 11.1. The predicted molar refractivity (Wildman–Crippen MR) is 111 cm³/mol. The predicted octanol–water partition coefficient (Wildman–Crippen LogP) is 3.89. The number of amides is 1. The summed E-state index contributed by atoms with van der Waals surface area (Å²) in [7, 11) is -2.30. The maximum Gasteiger partial charge on any atom is 0.264 e. The van der Waals surface area contributed by atoms with Crippen molar-refractivity contribution in [3.8, 4) is 0 Å². The number of hydrogen-bond acceptors (Lipinski definition) is 3. The van der Waals surface area contributed by atoms with Crippen LogP contribution >= 0.6 is 0 Å². The maximum atomic E-state index is 13.0. The standard InChI is InChI=1S/C22H21FN2O3S/c1-16-6-12-21(13-7-16)29(27,28)25(2)20-5-3-4-18(14-20)22(26)24-15-17-8-10-19(23)11-9-17/h3-14H,15H2,1-2H3,(H,24,26). The highest BCUT2D eigenvalue weighted by molar-refractivity contribution is 7.92. The van der Waals surface area contributed by atoms with Crippen molar-refractivity contribution in [3.63, 3.8) is 0 Å². The summed E-state index contributed by atoms with van der Waals surface area (Å²) in [6, 6.07) is 18.8. The summed E-state index contributed by atoms with van der Waals surface area (Å²) in [6.45, 7) is 2.12. The van der Waals surface area contributed by atoms with E-state index in [-0.39, 0.29) is 23.2 Å². The highest BCUT2D eigenvalue weighted by Crippen LogP contribution is 2.23. The molecule has 7 heteroatoms. The summed E-state index contributed by atoms with van der Waals surface area (Å²) in [4.78, 5) is 12.6. The molecule has 0 heterocycles. The third-order valence-electron chi connectivity index (χ3n) is 4.52. The van der Waals surface area contributed by atoms with Gasteiger partial charge < -0.3 is 5.32 Å². The molecule has 3 aromatic rings. The first-order valence-corrected chi connectivity index (χ1v) is 10.4. The molecular weight excluding hydrogens is 391 g/mol. The number of nitrogens with one attached hydrogen (secondary N) is 1. The highest BCUT2D eigenvalue weighted by atomic mass is 32.2. The van der Waals surface area contributed by atoms with Crippen molar-refractivity contribution in [2.24, 2.45) is 0 Å². The third-order valence-corrected chi connectivity index (χ3v) is 6.32. The number of hydrogen-bond donors (Lipinski definition) is 1. The van der Waals surface area contributed by atoms with Crippen LogP contribution in [-0.2, 0) is 16.6 Å². The molecule has 0 atom stereocenters. The molecule has 0 radical (unpaired) electrons. The average molecular weight is 412 g/mol. The average Bonchev–Trinajstić information content (AvgIpc) is 2.73. The fraction of sp³-hybridized carbons (Fsp3) is 0.136. The van der Waals surface area contributed by atoms with E-state index in [9.17, 15) is 17.6 Å². The van der Waals surface area contributed by atoms with Gasteiger partial charge in [0.15, 0.2) is 0 Å². The third kappa shape index (κ3) is 4.81. The molecule has 0 bridgehead atoms. The van der Waals surface area contributed by atoms with Gasteiger partial charge in [0.1, 0.15) is 5.82 Å². The minimum atomic E-state index is -3.74. The van der Waals surface area contributed by atoms with E-state index in [0.29, 0.717) is 11.3 Å². The number of halogens is 1. The minimum Gasteiger partial charge on any atom is -0.348 e. The van der Waals surface area contributed by atoms with Crippen LogP contribution in [0, 0.1) is 12.7 Å². The monoisotopic (exact) mass is 412 g/mol. The van der Waals surface area contributed by atoms with E-state index in [0.717, 1.165) is 15.4 Å². The molecule has 0 aliphatic heterocycles. The van der Waals surface area contributed by atoms with Gasteiger partial charge in [0.2, 0.25) is 0 Å². The van der Waals surface area contributed by atoms with Crippen LogP contribution < -0.4 is 9.62 Å². The van der Waals surface area contributed by atoms with Gasteiger partial charge in [0.25, 0.3) is 15.9 Å². The van der Waals surface area contributed by atoms with Gasteiger partial charge in [0.05, 0.1) is 10.6 Å². The quantitative estimate of drug-likeness (QED) is 0.668. The van der Waals surface area contributed by atoms with E-state index in [1.54, 1.807) is 54.6 Å². The Morgan fingerprint density at radius 1 is 1.00 bits per heavy atom. The number of sulfonamides is 1. The largest absolute Gasteiger partial charge is 0.348 e. The molecule has 150 valence electrons. The second kappa shape index (κ2) is 8.45. The zero-order chi connectivity index (χ0) is 21.0. The lowest BCUT2D eigenvalue weighted by Gasteiger charge is -2.20. The lowest BCUT2D eigenvalue weighted by atomic mass is 10.1. The van der Waals surface area contributed by atoms with Crippen LogP contribution in [0.2, 0.25) is 0 Å². The van der Waals surface area contributed by atoms with Gasteiger partial charge in [-0.1, -0.05) is 35.9 Å². The zero-order valence-corrected chi connectivity index (χ0v) is 16.9. The Bertz CT molecular complexity index is 1110. The Labute approximate surface area is 169 Å². The van der Waals surface area contributed by atoms with Gasteiger partial charge in [-0.2, -0.15) is 0 Å². The number of anilines is 1. The smallest absolute Gasteiger partial charge is 0.264 e. The molecule has 0 fully saturated rings. The lowest BCUT2D eigenvalue weighted by Crippen LogP contribution is -2.27. The highest BCUT2D eigenvalue weighted by Gasteiger charge is 2.21. The molecule has 1 N–H and O–H groups in total. The van der Waals surface area contributed by atoms with Gasteiger partial charge in [-0.25, -0.2) is 12.8 Å². The first-order valence-electron chi connectivity index (χ1n) is 8.96. The number of carbonyl (C=O) groups is 1. The van der Waals surface area contributed by atoms with Crippen molar-refractivity contribution in [1.29, 1.82) is 0 Å². The van der Waals surface area contributed by atoms with Crippen LogP contribution in [0.3, 0.4) is 0 Å². The molecule has 0 unspecified atom stereocenters. The fourth-order valence-corrected chi connectivity index (χ4v) is 3.92. The molecule has 3 aromatic carbocycles. The summed E-state index contributed by atoms with van der Waals surface area (Å²) in [6.07, 6.45) is 0. The Morgan fingerprint density at radius 2 is 1.66 bits per heavy atom. The maximum absolute atomic E-state index is 13.0. The van der Waals surface area contributed by atoms with Gasteiger partial charge in [-0.15, -0.1) is 0 Å². The van der Waals surface area contributed by atoms with Gasteiger partial charge >= 0.3 is 0 Å². The molecule has 0 aliphatic rings. The van der Waals surface area contributed by atoms with Crippen LogP contribution in [0.25, 0.3) is 0 Å². The van der Waals surface area contributed by atoms with Crippen LogP contribution in [0.1, 0.15) is 21.5 Å². The molecule has 0 saturated heterocycles. The number of nitrogens with zero attached hydrogens (tertiary/aromatic N) is 1. The van der Waals surface area contributed by atoms with E-state index in [1.165, 1.54) is 25.2 Å². The van der Waals surface area contributed by atoms with Gasteiger partial charge in [0, 0.05) is 19.2 Å². The molecule has 0 saturated carbocycles. The zero-order valence-electron chi connectivity index (χ0n) is 16.1. The number of benzene rings is 3. The van der Waals surface area contributed by atoms with Crippen LogP contribution in [-0.4, -0.2) is 21.4 Å². The summed E-state index contributed by atoms with van der Waals surface area (Å²) in [5, 5.41) is 2.75. The van der Waals surface area contributed by atoms with E-state index >= 15 is 0 Å². The molecule has 0 aromatic heterocycles. The van der Waals surface area contributed by atoms with E-state index in [1.807, 2.05) is 6.92 Å². The van der Waals surface area contributed by atoms with Crippen molar-refractivity contribution in [2.45, 2.75) is 18.4 Å². The Morgan fingerprint density at radius 3 is 2.31 bits per heavy atom.